The van der Waals surface area contributed by atoms with Crippen LogP contribution in [0.1, 0.15) is 25.3 Å². The van der Waals surface area contributed by atoms with E-state index >= 15 is 0 Å². The number of hydrogen-bond acceptors (Lipinski definition) is 3. The summed E-state index contributed by atoms with van der Waals surface area (Å²) in [6.07, 6.45) is 0. The summed E-state index contributed by atoms with van der Waals surface area (Å²) in [6, 6.07) is 20.9. The summed E-state index contributed by atoms with van der Waals surface area (Å²) in [5.41, 5.74) is 3.95. The first kappa shape index (κ1) is 24.9. The third kappa shape index (κ3) is 5.70. The number of allylic oxidation sites excluding steroid dienone is 2. The molecular weight excluding hydrogens is 505 g/mol. The van der Waals surface area contributed by atoms with Crippen LogP contribution in [0.25, 0.3) is 0 Å². The molecule has 3 aromatic carbocycles. The van der Waals surface area contributed by atoms with E-state index in [1.165, 1.54) is 0 Å². The highest BCUT2D eigenvalue weighted by molar-refractivity contribution is 6.31. The Morgan fingerprint density at radius 1 is 0.686 bits per heavy atom. The molecule has 1 aliphatic rings. The largest absolute Gasteiger partial charge is 0.362 e. The SMILES string of the molecule is CC1=C(C(=O)Nc2cccc(Cl)c2)C(c2ccc(Cl)cc2)C(C(=O)Nc2cccc(Cl)c2)=C(C)N1. The highest BCUT2D eigenvalue weighted by Gasteiger charge is 2.36. The topological polar surface area (TPSA) is 70.2 Å². The molecule has 4 rings (SSSR count). The van der Waals surface area contributed by atoms with Gasteiger partial charge < -0.3 is 16.0 Å². The Labute approximate surface area is 218 Å². The van der Waals surface area contributed by atoms with Gasteiger partial charge in [-0.2, -0.15) is 0 Å². The van der Waals surface area contributed by atoms with Crippen LogP contribution in [0.2, 0.25) is 15.1 Å². The molecule has 0 unspecified atom stereocenters. The number of anilines is 2. The Morgan fingerprint density at radius 3 is 1.57 bits per heavy atom. The molecule has 0 aromatic heterocycles. The molecular formula is C27H22Cl3N3O2. The maximum atomic E-state index is 13.6. The first-order valence-corrected chi connectivity index (χ1v) is 11.9. The summed E-state index contributed by atoms with van der Waals surface area (Å²) < 4.78 is 0. The van der Waals surface area contributed by atoms with Crippen molar-refractivity contribution in [2.45, 2.75) is 19.8 Å². The van der Waals surface area contributed by atoms with Gasteiger partial charge >= 0.3 is 0 Å². The van der Waals surface area contributed by atoms with Gasteiger partial charge in [-0.3, -0.25) is 9.59 Å². The van der Waals surface area contributed by atoms with Crippen LogP contribution in [0.3, 0.4) is 0 Å². The number of nitrogens with one attached hydrogen (secondary N) is 3. The van der Waals surface area contributed by atoms with Crippen LogP contribution in [-0.2, 0) is 9.59 Å². The van der Waals surface area contributed by atoms with E-state index in [0.717, 1.165) is 5.56 Å². The highest BCUT2D eigenvalue weighted by Crippen LogP contribution is 2.39. The van der Waals surface area contributed by atoms with Gasteiger partial charge in [-0.1, -0.05) is 59.1 Å². The molecule has 0 saturated heterocycles. The van der Waals surface area contributed by atoms with Gasteiger partial charge in [-0.05, 0) is 67.9 Å². The van der Waals surface area contributed by atoms with Gasteiger partial charge in [0.15, 0.2) is 0 Å². The predicted molar refractivity (Wildman–Crippen MR) is 143 cm³/mol. The van der Waals surface area contributed by atoms with E-state index in [1.807, 2.05) is 26.0 Å². The van der Waals surface area contributed by atoms with Crippen LogP contribution in [0, 0.1) is 0 Å². The normalized spacial score (nSPS) is 14.0. The maximum absolute atomic E-state index is 13.6. The number of amides is 2. The van der Waals surface area contributed by atoms with E-state index in [4.69, 9.17) is 34.8 Å². The third-order valence-electron chi connectivity index (χ3n) is 5.62. The molecule has 0 bridgehead atoms. The minimum Gasteiger partial charge on any atom is -0.362 e. The molecule has 0 fully saturated rings. The predicted octanol–water partition coefficient (Wildman–Crippen LogP) is 7.16. The molecule has 3 N–H and O–H groups in total. The van der Waals surface area contributed by atoms with Crippen LogP contribution in [0.15, 0.2) is 95.3 Å². The van der Waals surface area contributed by atoms with Crippen LogP contribution in [0.4, 0.5) is 11.4 Å². The molecule has 8 heteroatoms. The van der Waals surface area contributed by atoms with Gasteiger partial charge in [0.1, 0.15) is 0 Å². The Hall–Kier alpha value is -3.25. The lowest BCUT2D eigenvalue weighted by Crippen LogP contribution is -2.35. The number of carbonyl (C=O) groups excluding carboxylic acids is 2. The van der Waals surface area contributed by atoms with Gasteiger partial charge in [-0.25, -0.2) is 0 Å². The van der Waals surface area contributed by atoms with Gasteiger partial charge in [0.2, 0.25) is 0 Å². The Balaban J connectivity index is 1.76. The molecule has 1 aliphatic heterocycles. The van der Waals surface area contributed by atoms with E-state index in [-0.39, 0.29) is 11.8 Å². The number of carbonyl (C=O) groups is 2. The van der Waals surface area contributed by atoms with Gasteiger partial charge in [0, 0.05) is 54.9 Å². The summed E-state index contributed by atoms with van der Waals surface area (Å²) in [4.78, 5) is 27.1. The molecule has 0 aliphatic carbocycles. The van der Waals surface area contributed by atoms with E-state index < -0.39 is 5.92 Å². The quantitative estimate of drug-likeness (QED) is 0.330. The molecule has 2 amide bonds. The first-order valence-electron chi connectivity index (χ1n) is 10.8. The number of rotatable bonds is 5. The smallest absolute Gasteiger partial charge is 0.254 e. The molecule has 0 spiro atoms. The Bertz CT molecular complexity index is 1280. The van der Waals surface area contributed by atoms with Crippen molar-refractivity contribution < 1.29 is 9.59 Å². The fourth-order valence-corrected chi connectivity index (χ4v) is 4.62. The number of halogens is 3. The van der Waals surface area contributed by atoms with Crippen molar-refractivity contribution in [3.8, 4) is 0 Å². The summed E-state index contributed by atoms with van der Waals surface area (Å²) in [6.45, 7) is 3.62. The van der Waals surface area contributed by atoms with Crippen molar-refractivity contribution in [3.05, 3.63) is 116 Å². The Morgan fingerprint density at radius 2 is 1.14 bits per heavy atom. The van der Waals surface area contributed by atoms with E-state index in [0.29, 0.717) is 49.0 Å². The maximum Gasteiger partial charge on any atom is 0.254 e. The van der Waals surface area contributed by atoms with Gasteiger partial charge in [-0.15, -0.1) is 0 Å². The second-order valence-corrected chi connectivity index (χ2v) is 9.43. The average molecular weight is 527 g/mol. The van der Waals surface area contributed by atoms with Crippen LogP contribution in [0.5, 0.6) is 0 Å². The zero-order valence-corrected chi connectivity index (χ0v) is 21.2. The minimum atomic E-state index is -0.646. The Kier molecular flexibility index (Phi) is 7.51. The minimum absolute atomic E-state index is 0.349. The van der Waals surface area contributed by atoms with Crippen LogP contribution >= 0.6 is 34.8 Å². The molecule has 0 saturated carbocycles. The fraction of sp³-hybridized carbons (Fsp3) is 0.111. The zero-order valence-electron chi connectivity index (χ0n) is 19.0. The molecule has 3 aromatic rings. The monoisotopic (exact) mass is 525 g/mol. The highest BCUT2D eigenvalue weighted by atomic mass is 35.5. The first-order chi connectivity index (χ1) is 16.7. The summed E-state index contributed by atoms with van der Waals surface area (Å²) in [7, 11) is 0. The lowest BCUT2D eigenvalue weighted by atomic mass is 9.79. The summed E-state index contributed by atoms with van der Waals surface area (Å²) in [5, 5.41) is 10.6. The molecule has 35 heavy (non-hydrogen) atoms. The third-order valence-corrected chi connectivity index (χ3v) is 6.34. The van der Waals surface area contributed by atoms with Crippen LogP contribution in [-0.4, -0.2) is 11.8 Å². The number of benzene rings is 3. The summed E-state index contributed by atoms with van der Waals surface area (Å²) >= 11 is 18.3. The van der Waals surface area contributed by atoms with Crippen LogP contribution < -0.4 is 16.0 Å². The molecule has 0 atom stereocenters. The van der Waals surface area contributed by atoms with Crippen molar-refractivity contribution in [3.63, 3.8) is 0 Å². The molecule has 0 radical (unpaired) electrons. The van der Waals surface area contributed by atoms with Crippen molar-refractivity contribution >= 4 is 58.0 Å². The number of hydrogen-bond donors (Lipinski definition) is 3. The second kappa shape index (κ2) is 10.6. The lowest BCUT2D eigenvalue weighted by Gasteiger charge is -2.31. The van der Waals surface area contributed by atoms with Crippen molar-refractivity contribution in [1.29, 1.82) is 0 Å². The lowest BCUT2D eigenvalue weighted by molar-refractivity contribution is -0.113. The van der Waals surface area contributed by atoms with Crippen molar-refractivity contribution in [2.24, 2.45) is 0 Å². The fourth-order valence-electron chi connectivity index (χ4n) is 4.11. The molecule has 178 valence electrons. The van der Waals surface area contributed by atoms with E-state index in [9.17, 15) is 9.59 Å². The van der Waals surface area contributed by atoms with Gasteiger partial charge in [0.05, 0.1) is 0 Å². The van der Waals surface area contributed by atoms with E-state index in [1.54, 1.807) is 60.7 Å². The van der Waals surface area contributed by atoms with Gasteiger partial charge in [0.25, 0.3) is 11.8 Å². The van der Waals surface area contributed by atoms with E-state index in [2.05, 4.69) is 16.0 Å². The number of dihydropyridines is 1. The summed E-state index contributed by atoms with van der Waals surface area (Å²) in [5.74, 6) is -1.34. The molecule has 5 nitrogen and oxygen atoms in total. The molecule has 1 heterocycles. The second-order valence-electron chi connectivity index (χ2n) is 8.12. The van der Waals surface area contributed by atoms with Crippen molar-refractivity contribution in [2.75, 3.05) is 10.6 Å². The average Bonchev–Trinajstić information content (AvgIpc) is 2.79. The zero-order chi connectivity index (χ0) is 25.1. The van der Waals surface area contributed by atoms with Crippen molar-refractivity contribution in [1.82, 2.24) is 5.32 Å². The standard InChI is InChI=1S/C27H22Cl3N3O2/c1-15-23(26(34)32-21-7-3-5-19(29)13-21)25(17-9-11-18(28)12-10-17)24(16(2)31-15)27(35)33-22-8-4-6-20(30)14-22/h3-14,25,31H,1-2H3,(H,32,34)(H,33,35).